The molecule has 0 aliphatic carbocycles. The fourth-order valence-electron chi connectivity index (χ4n) is 2.13. The molecule has 100 valence electrons. The molecular weight excluding hydrogens is 226 g/mol. The Bertz CT molecular complexity index is 375. The van der Waals surface area contributed by atoms with Gasteiger partial charge in [0.25, 0.3) is 0 Å². The molecule has 0 spiro atoms. The number of ether oxygens (including phenoxy) is 1. The van der Waals surface area contributed by atoms with Gasteiger partial charge in [-0.25, -0.2) is 4.79 Å². The molecule has 1 atom stereocenters. The number of hydrogen-bond donors (Lipinski definition) is 1. The van der Waals surface area contributed by atoms with Crippen molar-refractivity contribution in [3.63, 3.8) is 0 Å². The first-order valence-corrected chi connectivity index (χ1v) is 6.48. The highest BCUT2D eigenvalue weighted by Gasteiger charge is 2.35. The molecule has 0 saturated heterocycles. The number of anilines is 1. The summed E-state index contributed by atoms with van der Waals surface area (Å²) >= 11 is 0. The molecule has 18 heavy (non-hydrogen) atoms. The van der Waals surface area contributed by atoms with E-state index in [0.717, 1.165) is 12.1 Å². The standard InChI is InChI=1S/C15H23NO2/c1-5-18-14(17)15(4,11-12(2)3)16-13-9-7-6-8-10-13/h6-10,12,16H,5,11H2,1-4H3. The number of benzene rings is 1. The van der Waals surface area contributed by atoms with E-state index in [1.165, 1.54) is 0 Å². The third-order valence-corrected chi connectivity index (χ3v) is 2.74. The van der Waals surface area contributed by atoms with Gasteiger partial charge in [0.1, 0.15) is 5.54 Å². The van der Waals surface area contributed by atoms with Gasteiger partial charge in [-0.2, -0.15) is 0 Å². The maximum absolute atomic E-state index is 12.1. The van der Waals surface area contributed by atoms with E-state index >= 15 is 0 Å². The van der Waals surface area contributed by atoms with Crippen molar-refractivity contribution in [3.8, 4) is 0 Å². The monoisotopic (exact) mass is 249 g/mol. The summed E-state index contributed by atoms with van der Waals surface area (Å²) < 4.78 is 5.18. The van der Waals surface area contributed by atoms with Gasteiger partial charge >= 0.3 is 5.97 Å². The number of carbonyl (C=O) groups is 1. The van der Waals surface area contributed by atoms with Crippen molar-refractivity contribution >= 4 is 11.7 Å². The molecule has 0 aliphatic heterocycles. The molecule has 3 nitrogen and oxygen atoms in total. The molecule has 0 aromatic heterocycles. The average Bonchev–Trinajstić information content (AvgIpc) is 2.29. The van der Waals surface area contributed by atoms with Crippen LogP contribution in [0.5, 0.6) is 0 Å². The second-order valence-electron chi connectivity index (χ2n) is 5.14. The molecule has 0 heterocycles. The highest BCUT2D eigenvalue weighted by molar-refractivity contribution is 5.84. The van der Waals surface area contributed by atoms with Crippen LogP contribution in [0, 0.1) is 5.92 Å². The van der Waals surface area contributed by atoms with Crippen molar-refractivity contribution in [1.82, 2.24) is 0 Å². The Morgan fingerprint density at radius 1 is 1.33 bits per heavy atom. The molecular formula is C15H23NO2. The van der Waals surface area contributed by atoms with Crippen molar-refractivity contribution in [2.45, 2.75) is 39.7 Å². The van der Waals surface area contributed by atoms with Crippen molar-refractivity contribution in [2.75, 3.05) is 11.9 Å². The average molecular weight is 249 g/mol. The van der Waals surface area contributed by atoms with E-state index in [4.69, 9.17) is 4.74 Å². The van der Waals surface area contributed by atoms with Crippen LogP contribution < -0.4 is 5.32 Å². The minimum atomic E-state index is -0.675. The van der Waals surface area contributed by atoms with Gasteiger partial charge in [0.05, 0.1) is 6.61 Å². The predicted molar refractivity (Wildman–Crippen MR) is 74.6 cm³/mol. The molecule has 0 fully saturated rings. The van der Waals surface area contributed by atoms with Crippen LogP contribution in [0.25, 0.3) is 0 Å². The lowest BCUT2D eigenvalue weighted by Crippen LogP contribution is -2.45. The van der Waals surface area contributed by atoms with Gasteiger partial charge in [-0.1, -0.05) is 32.0 Å². The summed E-state index contributed by atoms with van der Waals surface area (Å²) in [7, 11) is 0. The summed E-state index contributed by atoms with van der Waals surface area (Å²) in [5.74, 6) is 0.221. The van der Waals surface area contributed by atoms with E-state index in [1.807, 2.05) is 44.2 Å². The molecule has 1 unspecified atom stereocenters. The summed E-state index contributed by atoms with van der Waals surface area (Å²) in [5, 5.41) is 3.30. The maximum Gasteiger partial charge on any atom is 0.331 e. The van der Waals surface area contributed by atoms with Crippen molar-refractivity contribution in [1.29, 1.82) is 0 Å². The van der Waals surface area contributed by atoms with Crippen LogP contribution in [0.4, 0.5) is 5.69 Å². The van der Waals surface area contributed by atoms with Gasteiger partial charge in [0, 0.05) is 5.69 Å². The first-order chi connectivity index (χ1) is 8.48. The van der Waals surface area contributed by atoms with E-state index in [-0.39, 0.29) is 5.97 Å². The van der Waals surface area contributed by atoms with Gasteiger partial charge in [-0.15, -0.1) is 0 Å². The van der Waals surface area contributed by atoms with Crippen LogP contribution in [0.2, 0.25) is 0 Å². The third-order valence-electron chi connectivity index (χ3n) is 2.74. The quantitative estimate of drug-likeness (QED) is 0.785. The fraction of sp³-hybridized carbons (Fsp3) is 0.533. The molecule has 0 amide bonds. The Hall–Kier alpha value is -1.51. The first-order valence-electron chi connectivity index (χ1n) is 6.48. The lowest BCUT2D eigenvalue weighted by Gasteiger charge is -2.31. The van der Waals surface area contributed by atoms with E-state index in [0.29, 0.717) is 12.5 Å². The summed E-state index contributed by atoms with van der Waals surface area (Å²) in [6, 6.07) is 9.76. The van der Waals surface area contributed by atoms with Crippen LogP contribution in [-0.4, -0.2) is 18.1 Å². The number of esters is 1. The summed E-state index contributed by atoms with van der Waals surface area (Å²) in [6.07, 6.45) is 0.737. The van der Waals surface area contributed by atoms with Gasteiger partial charge in [0.15, 0.2) is 0 Å². The number of hydrogen-bond acceptors (Lipinski definition) is 3. The molecule has 0 aliphatic rings. The maximum atomic E-state index is 12.1. The van der Waals surface area contributed by atoms with E-state index in [2.05, 4.69) is 19.2 Å². The third kappa shape index (κ3) is 4.06. The van der Waals surface area contributed by atoms with E-state index in [1.54, 1.807) is 0 Å². The number of para-hydroxylation sites is 1. The van der Waals surface area contributed by atoms with Crippen molar-refractivity contribution in [2.24, 2.45) is 5.92 Å². The lowest BCUT2D eigenvalue weighted by atomic mass is 9.90. The van der Waals surface area contributed by atoms with Gasteiger partial charge in [0.2, 0.25) is 0 Å². The first kappa shape index (κ1) is 14.6. The number of carbonyl (C=O) groups excluding carboxylic acids is 1. The smallest absolute Gasteiger partial charge is 0.331 e. The molecule has 1 aromatic rings. The molecule has 0 saturated carbocycles. The molecule has 1 rings (SSSR count). The van der Waals surface area contributed by atoms with Crippen LogP contribution >= 0.6 is 0 Å². The highest BCUT2D eigenvalue weighted by atomic mass is 16.5. The second-order valence-corrected chi connectivity index (χ2v) is 5.14. The van der Waals surface area contributed by atoms with E-state index < -0.39 is 5.54 Å². The van der Waals surface area contributed by atoms with Crippen LogP contribution in [0.3, 0.4) is 0 Å². The predicted octanol–water partition coefficient (Wildman–Crippen LogP) is 3.47. The summed E-state index contributed by atoms with van der Waals surface area (Å²) in [4.78, 5) is 12.1. The normalized spacial score (nSPS) is 14.1. The minimum absolute atomic E-state index is 0.192. The fourth-order valence-corrected chi connectivity index (χ4v) is 2.13. The second kappa shape index (κ2) is 6.43. The minimum Gasteiger partial charge on any atom is -0.464 e. The van der Waals surface area contributed by atoms with Crippen LogP contribution in [0.1, 0.15) is 34.1 Å². The molecule has 1 N–H and O–H groups in total. The largest absolute Gasteiger partial charge is 0.464 e. The molecule has 0 bridgehead atoms. The molecule has 1 aromatic carbocycles. The zero-order valence-corrected chi connectivity index (χ0v) is 11.7. The van der Waals surface area contributed by atoms with Crippen molar-refractivity contribution < 1.29 is 9.53 Å². The Morgan fingerprint density at radius 3 is 2.44 bits per heavy atom. The Morgan fingerprint density at radius 2 is 1.94 bits per heavy atom. The van der Waals surface area contributed by atoms with Gasteiger partial charge in [-0.05, 0) is 38.3 Å². The van der Waals surface area contributed by atoms with Crippen molar-refractivity contribution in [3.05, 3.63) is 30.3 Å². The van der Waals surface area contributed by atoms with Crippen LogP contribution in [0.15, 0.2) is 30.3 Å². The SMILES string of the molecule is CCOC(=O)C(C)(CC(C)C)Nc1ccccc1. The Balaban J connectivity index is 2.87. The topological polar surface area (TPSA) is 38.3 Å². The van der Waals surface area contributed by atoms with Crippen LogP contribution in [-0.2, 0) is 9.53 Å². The zero-order chi connectivity index (χ0) is 13.6. The van der Waals surface area contributed by atoms with Gasteiger partial charge in [-0.3, -0.25) is 0 Å². The van der Waals surface area contributed by atoms with E-state index in [9.17, 15) is 4.79 Å². The van der Waals surface area contributed by atoms with Gasteiger partial charge < -0.3 is 10.1 Å². The molecule has 0 radical (unpaired) electrons. The number of nitrogens with one attached hydrogen (secondary N) is 1. The lowest BCUT2D eigenvalue weighted by molar-refractivity contribution is -0.148. The summed E-state index contributed by atoms with van der Waals surface area (Å²) in [5.41, 5.74) is 0.264. The summed E-state index contributed by atoms with van der Waals surface area (Å²) in [6.45, 7) is 8.34. The Kier molecular flexibility index (Phi) is 5.20. The highest BCUT2D eigenvalue weighted by Crippen LogP contribution is 2.24. The number of rotatable bonds is 6. The molecule has 3 heteroatoms. The Labute approximate surface area is 110 Å². The zero-order valence-electron chi connectivity index (χ0n) is 11.7.